The van der Waals surface area contributed by atoms with Crippen molar-refractivity contribution in [1.29, 1.82) is 0 Å². The van der Waals surface area contributed by atoms with E-state index < -0.39 is 0 Å². The van der Waals surface area contributed by atoms with Crippen LogP contribution in [0, 0.1) is 5.92 Å². The van der Waals surface area contributed by atoms with Crippen LogP contribution in [-0.2, 0) is 4.74 Å². The van der Waals surface area contributed by atoms with Crippen LogP contribution in [-0.4, -0.2) is 12.6 Å². The number of fused-ring (bicyclic) bond motifs is 1. The van der Waals surface area contributed by atoms with Crippen molar-refractivity contribution in [3.63, 3.8) is 0 Å². The van der Waals surface area contributed by atoms with Gasteiger partial charge in [-0.1, -0.05) is 69.9 Å². The first-order valence-electron chi connectivity index (χ1n) is 8.90. The summed E-state index contributed by atoms with van der Waals surface area (Å²) in [4.78, 5) is 12.3. The highest BCUT2D eigenvalue weighted by molar-refractivity contribution is 5.95. The van der Waals surface area contributed by atoms with Crippen LogP contribution in [0.15, 0.2) is 42.5 Å². The Hall–Kier alpha value is -1.83. The summed E-state index contributed by atoms with van der Waals surface area (Å²) in [6.45, 7) is 4.95. The minimum Gasteiger partial charge on any atom is -0.462 e. The molecule has 2 heteroatoms. The number of unbranched alkanes of at least 4 members (excludes halogenated alkanes) is 2. The van der Waals surface area contributed by atoms with Crippen LogP contribution in [0.1, 0.15) is 62.7 Å². The van der Waals surface area contributed by atoms with E-state index in [0.29, 0.717) is 18.1 Å². The Kier molecular flexibility index (Phi) is 7.12. The number of esters is 1. The summed E-state index contributed by atoms with van der Waals surface area (Å²) < 4.78 is 5.58. The van der Waals surface area contributed by atoms with Gasteiger partial charge in [0, 0.05) is 0 Å². The molecule has 0 saturated heterocycles. The van der Waals surface area contributed by atoms with Gasteiger partial charge in [0.15, 0.2) is 0 Å². The van der Waals surface area contributed by atoms with E-state index in [1.807, 2.05) is 36.4 Å². The third-order valence-corrected chi connectivity index (χ3v) is 4.35. The molecule has 0 heterocycles. The quantitative estimate of drug-likeness (QED) is 0.419. The zero-order valence-corrected chi connectivity index (χ0v) is 14.4. The number of benzene rings is 2. The van der Waals surface area contributed by atoms with Crippen LogP contribution >= 0.6 is 0 Å². The first-order chi connectivity index (χ1) is 11.2. The van der Waals surface area contributed by atoms with E-state index >= 15 is 0 Å². The van der Waals surface area contributed by atoms with Crippen molar-refractivity contribution in [2.75, 3.05) is 6.61 Å². The molecule has 23 heavy (non-hydrogen) atoms. The fourth-order valence-corrected chi connectivity index (χ4v) is 3.00. The molecule has 0 aliphatic rings. The van der Waals surface area contributed by atoms with E-state index in [9.17, 15) is 4.79 Å². The molecule has 0 fully saturated rings. The normalized spacial score (nSPS) is 12.3. The van der Waals surface area contributed by atoms with E-state index in [1.54, 1.807) is 0 Å². The number of hydrogen-bond acceptors (Lipinski definition) is 2. The standard InChI is InChI=1S/C21H28O2/c1-3-5-6-10-17(9-4-2)16-23-21(22)20-14-13-18-11-7-8-12-19(18)15-20/h7-8,11-15,17H,3-6,9-10,16H2,1-2H3. The Morgan fingerprint density at radius 1 is 0.957 bits per heavy atom. The topological polar surface area (TPSA) is 26.3 Å². The first-order valence-corrected chi connectivity index (χ1v) is 8.90. The Morgan fingerprint density at radius 2 is 1.74 bits per heavy atom. The molecule has 0 saturated carbocycles. The van der Waals surface area contributed by atoms with Gasteiger partial charge in [0.25, 0.3) is 0 Å². The maximum absolute atomic E-state index is 12.3. The molecule has 0 radical (unpaired) electrons. The van der Waals surface area contributed by atoms with E-state index in [0.717, 1.165) is 30.0 Å². The van der Waals surface area contributed by atoms with E-state index in [2.05, 4.69) is 19.9 Å². The smallest absolute Gasteiger partial charge is 0.338 e. The summed E-state index contributed by atoms with van der Waals surface area (Å²) in [6.07, 6.45) is 7.16. The Morgan fingerprint density at radius 3 is 2.48 bits per heavy atom. The molecule has 0 bridgehead atoms. The molecule has 1 unspecified atom stereocenters. The predicted octanol–water partition coefficient (Wildman–Crippen LogP) is 5.99. The van der Waals surface area contributed by atoms with Gasteiger partial charge < -0.3 is 4.74 Å². The van der Waals surface area contributed by atoms with Gasteiger partial charge in [-0.3, -0.25) is 0 Å². The van der Waals surface area contributed by atoms with Gasteiger partial charge in [-0.25, -0.2) is 4.79 Å². The maximum atomic E-state index is 12.3. The average Bonchev–Trinajstić information content (AvgIpc) is 2.59. The summed E-state index contributed by atoms with van der Waals surface area (Å²) in [7, 11) is 0. The van der Waals surface area contributed by atoms with Crippen molar-refractivity contribution in [3.8, 4) is 0 Å². The second-order valence-corrected chi connectivity index (χ2v) is 6.31. The van der Waals surface area contributed by atoms with E-state index in [4.69, 9.17) is 4.74 Å². The van der Waals surface area contributed by atoms with E-state index in [1.165, 1.54) is 19.3 Å². The lowest BCUT2D eigenvalue weighted by Crippen LogP contribution is -2.14. The van der Waals surface area contributed by atoms with Crippen LogP contribution in [0.3, 0.4) is 0 Å². The molecule has 0 amide bonds. The summed E-state index contributed by atoms with van der Waals surface area (Å²) in [5.41, 5.74) is 0.646. The van der Waals surface area contributed by atoms with Crippen molar-refractivity contribution in [2.24, 2.45) is 5.92 Å². The minimum absolute atomic E-state index is 0.202. The molecule has 0 spiro atoms. The zero-order valence-electron chi connectivity index (χ0n) is 14.4. The van der Waals surface area contributed by atoms with Crippen molar-refractivity contribution < 1.29 is 9.53 Å². The molecule has 2 rings (SSSR count). The molecule has 1 atom stereocenters. The fraction of sp³-hybridized carbons (Fsp3) is 0.476. The number of carbonyl (C=O) groups is 1. The van der Waals surface area contributed by atoms with Gasteiger partial charge in [0.2, 0.25) is 0 Å². The second-order valence-electron chi connectivity index (χ2n) is 6.31. The fourth-order valence-electron chi connectivity index (χ4n) is 3.00. The number of rotatable bonds is 9. The molecular formula is C21H28O2. The zero-order chi connectivity index (χ0) is 16.5. The Labute approximate surface area is 139 Å². The number of carbonyl (C=O) groups excluding carboxylic acids is 1. The highest BCUT2D eigenvalue weighted by Crippen LogP contribution is 2.19. The molecular weight excluding hydrogens is 284 g/mol. The SMILES string of the molecule is CCCCCC(CCC)COC(=O)c1ccc2ccccc2c1. The van der Waals surface area contributed by atoms with Crippen molar-refractivity contribution >= 4 is 16.7 Å². The van der Waals surface area contributed by atoms with E-state index in [-0.39, 0.29) is 5.97 Å². The van der Waals surface area contributed by atoms with Crippen LogP contribution < -0.4 is 0 Å². The maximum Gasteiger partial charge on any atom is 0.338 e. The predicted molar refractivity (Wildman–Crippen MR) is 96.8 cm³/mol. The lowest BCUT2D eigenvalue weighted by Gasteiger charge is -2.16. The molecule has 2 aromatic carbocycles. The van der Waals surface area contributed by atoms with Crippen molar-refractivity contribution in [1.82, 2.24) is 0 Å². The molecule has 2 aromatic rings. The Balaban J connectivity index is 1.93. The molecule has 2 nitrogen and oxygen atoms in total. The van der Waals surface area contributed by atoms with Gasteiger partial charge in [-0.2, -0.15) is 0 Å². The Bertz CT molecular complexity index is 618. The second kappa shape index (κ2) is 9.34. The van der Waals surface area contributed by atoms with Crippen LogP contribution in [0.25, 0.3) is 10.8 Å². The monoisotopic (exact) mass is 312 g/mol. The largest absolute Gasteiger partial charge is 0.462 e. The molecule has 0 N–H and O–H groups in total. The van der Waals surface area contributed by atoms with Crippen molar-refractivity contribution in [3.05, 3.63) is 48.0 Å². The van der Waals surface area contributed by atoms with Crippen LogP contribution in [0.2, 0.25) is 0 Å². The summed E-state index contributed by atoms with van der Waals surface area (Å²) in [5, 5.41) is 2.22. The average molecular weight is 312 g/mol. The first kappa shape index (κ1) is 17.5. The van der Waals surface area contributed by atoms with Crippen LogP contribution in [0.4, 0.5) is 0 Å². The van der Waals surface area contributed by atoms with Gasteiger partial charge >= 0.3 is 5.97 Å². The lowest BCUT2D eigenvalue weighted by atomic mass is 9.97. The van der Waals surface area contributed by atoms with Gasteiger partial charge in [-0.15, -0.1) is 0 Å². The minimum atomic E-state index is -0.202. The highest BCUT2D eigenvalue weighted by atomic mass is 16.5. The molecule has 0 aliphatic carbocycles. The van der Waals surface area contributed by atoms with Gasteiger partial charge in [0.1, 0.15) is 0 Å². The molecule has 124 valence electrons. The number of ether oxygens (including phenoxy) is 1. The summed E-state index contributed by atoms with van der Waals surface area (Å²) >= 11 is 0. The third-order valence-electron chi connectivity index (χ3n) is 4.35. The van der Waals surface area contributed by atoms with Crippen LogP contribution in [0.5, 0.6) is 0 Å². The van der Waals surface area contributed by atoms with Crippen molar-refractivity contribution in [2.45, 2.75) is 52.4 Å². The summed E-state index contributed by atoms with van der Waals surface area (Å²) in [6, 6.07) is 13.8. The number of hydrogen-bond donors (Lipinski definition) is 0. The summed E-state index contributed by atoms with van der Waals surface area (Å²) in [5.74, 6) is 0.295. The highest BCUT2D eigenvalue weighted by Gasteiger charge is 2.13. The van der Waals surface area contributed by atoms with Gasteiger partial charge in [-0.05, 0) is 41.7 Å². The molecule has 0 aliphatic heterocycles. The van der Waals surface area contributed by atoms with Gasteiger partial charge in [0.05, 0.1) is 12.2 Å². The molecule has 0 aromatic heterocycles. The lowest BCUT2D eigenvalue weighted by molar-refractivity contribution is 0.0424. The third kappa shape index (κ3) is 5.38.